The molecule has 3 nitrogen and oxygen atoms in total. The summed E-state index contributed by atoms with van der Waals surface area (Å²) in [6.07, 6.45) is 0.939. The Morgan fingerprint density at radius 3 is 2.50 bits per heavy atom. The van der Waals surface area contributed by atoms with Crippen LogP contribution in [0.25, 0.3) is 0 Å². The van der Waals surface area contributed by atoms with Crippen molar-refractivity contribution in [3.63, 3.8) is 0 Å². The summed E-state index contributed by atoms with van der Waals surface area (Å²) in [5.74, 6) is 0.0301. The van der Waals surface area contributed by atoms with E-state index in [-0.39, 0.29) is 11.7 Å². The van der Waals surface area contributed by atoms with Crippen LogP contribution in [0.1, 0.15) is 37.6 Å². The first-order valence-electron chi connectivity index (χ1n) is 5.49. The van der Waals surface area contributed by atoms with Gasteiger partial charge in [-0.15, -0.1) is 0 Å². The van der Waals surface area contributed by atoms with Crippen LogP contribution in [0.5, 0.6) is 5.75 Å². The van der Waals surface area contributed by atoms with Crippen molar-refractivity contribution >= 4 is 5.97 Å². The van der Waals surface area contributed by atoms with E-state index in [1.807, 2.05) is 6.92 Å². The van der Waals surface area contributed by atoms with E-state index in [9.17, 15) is 4.79 Å². The summed E-state index contributed by atoms with van der Waals surface area (Å²) in [6.45, 7) is 6.19. The molecule has 1 unspecified atom stereocenters. The Labute approximate surface area is 96.1 Å². The molecule has 1 N–H and O–H groups in total. The van der Waals surface area contributed by atoms with E-state index in [0.29, 0.717) is 11.7 Å². The molecule has 0 amide bonds. The van der Waals surface area contributed by atoms with Gasteiger partial charge in [0.1, 0.15) is 11.3 Å². The van der Waals surface area contributed by atoms with Crippen LogP contribution in [0.4, 0.5) is 0 Å². The number of rotatable bonds is 5. The maximum Gasteiger partial charge on any atom is 0.339 e. The van der Waals surface area contributed by atoms with E-state index < -0.39 is 5.97 Å². The number of para-hydroxylation sites is 1. The molecule has 0 heterocycles. The standard InChI is InChI=1S/C13H18O3/c1-9(2)8-10(3)16-12-7-5-4-6-11(12)13(14)15/h4-7,9-10H,8H2,1-3H3,(H,14,15). The van der Waals surface area contributed by atoms with Crippen LogP contribution in [0.2, 0.25) is 0 Å². The Kier molecular flexibility index (Phi) is 4.35. The highest BCUT2D eigenvalue weighted by atomic mass is 16.5. The number of benzene rings is 1. The second kappa shape index (κ2) is 5.54. The molecule has 0 fully saturated rings. The first kappa shape index (κ1) is 12.6. The molecule has 0 spiro atoms. The van der Waals surface area contributed by atoms with E-state index in [4.69, 9.17) is 9.84 Å². The van der Waals surface area contributed by atoms with E-state index in [2.05, 4.69) is 13.8 Å². The van der Waals surface area contributed by atoms with Gasteiger partial charge in [0, 0.05) is 0 Å². The molecule has 0 aromatic heterocycles. The summed E-state index contributed by atoms with van der Waals surface area (Å²) in [5, 5.41) is 8.98. The van der Waals surface area contributed by atoms with E-state index in [1.54, 1.807) is 24.3 Å². The van der Waals surface area contributed by atoms with Gasteiger partial charge in [0.25, 0.3) is 0 Å². The van der Waals surface area contributed by atoms with Crippen LogP contribution in [0.3, 0.4) is 0 Å². The smallest absolute Gasteiger partial charge is 0.339 e. The van der Waals surface area contributed by atoms with Crippen molar-refractivity contribution in [2.24, 2.45) is 5.92 Å². The molecule has 3 heteroatoms. The van der Waals surface area contributed by atoms with Crippen LogP contribution >= 0.6 is 0 Å². The molecule has 88 valence electrons. The molecule has 0 saturated heterocycles. The Morgan fingerprint density at radius 2 is 1.94 bits per heavy atom. The predicted octanol–water partition coefficient (Wildman–Crippen LogP) is 3.20. The third-order valence-corrected chi connectivity index (χ3v) is 2.25. The van der Waals surface area contributed by atoms with E-state index in [0.717, 1.165) is 6.42 Å². The fourth-order valence-electron chi connectivity index (χ4n) is 1.67. The van der Waals surface area contributed by atoms with Crippen LogP contribution in [0.15, 0.2) is 24.3 Å². The molecule has 1 rings (SSSR count). The van der Waals surface area contributed by atoms with Gasteiger partial charge in [0.05, 0.1) is 6.10 Å². The lowest BCUT2D eigenvalue weighted by molar-refractivity contribution is 0.0689. The van der Waals surface area contributed by atoms with Gasteiger partial charge in [0.15, 0.2) is 0 Å². The van der Waals surface area contributed by atoms with Gasteiger partial charge in [-0.25, -0.2) is 4.79 Å². The van der Waals surface area contributed by atoms with Crippen molar-refractivity contribution in [1.82, 2.24) is 0 Å². The van der Waals surface area contributed by atoms with Crippen LogP contribution in [0, 0.1) is 5.92 Å². The number of carboxylic acids is 1. The third kappa shape index (κ3) is 3.57. The summed E-state index contributed by atoms with van der Waals surface area (Å²) in [5.41, 5.74) is 0.220. The molecule has 16 heavy (non-hydrogen) atoms. The lowest BCUT2D eigenvalue weighted by Crippen LogP contribution is -2.16. The quantitative estimate of drug-likeness (QED) is 0.832. The van der Waals surface area contributed by atoms with Crippen molar-refractivity contribution in [2.45, 2.75) is 33.3 Å². The number of hydrogen-bond donors (Lipinski definition) is 1. The van der Waals surface area contributed by atoms with Gasteiger partial charge < -0.3 is 9.84 Å². The lowest BCUT2D eigenvalue weighted by Gasteiger charge is -2.17. The first-order chi connectivity index (χ1) is 7.50. The number of aromatic carboxylic acids is 1. The topological polar surface area (TPSA) is 46.5 Å². The van der Waals surface area contributed by atoms with Gasteiger partial charge in [0.2, 0.25) is 0 Å². The normalized spacial score (nSPS) is 12.5. The molecule has 1 aromatic carbocycles. The third-order valence-electron chi connectivity index (χ3n) is 2.25. The molecule has 1 atom stereocenters. The van der Waals surface area contributed by atoms with Gasteiger partial charge in [-0.3, -0.25) is 0 Å². The predicted molar refractivity (Wildman–Crippen MR) is 62.9 cm³/mol. The summed E-state index contributed by atoms with van der Waals surface area (Å²) in [7, 11) is 0. The largest absolute Gasteiger partial charge is 0.490 e. The lowest BCUT2D eigenvalue weighted by atomic mass is 10.1. The van der Waals surface area contributed by atoms with Crippen LogP contribution < -0.4 is 4.74 Å². The summed E-state index contributed by atoms with van der Waals surface area (Å²) in [4.78, 5) is 10.9. The average molecular weight is 222 g/mol. The van der Waals surface area contributed by atoms with Crippen molar-refractivity contribution in [3.05, 3.63) is 29.8 Å². The molecule has 0 aliphatic rings. The molecule has 0 aliphatic carbocycles. The van der Waals surface area contributed by atoms with E-state index in [1.165, 1.54) is 0 Å². The highest BCUT2D eigenvalue weighted by molar-refractivity contribution is 5.90. The highest BCUT2D eigenvalue weighted by Gasteiger charge is 2.13. The maximum absolute atomic E-state index is 10.9. The number of hydrogen-bond acceptors (Lipinski definition) is 2. The Balaban J connectivity index is 2.76. The summed E-state index contributed by atoms with van der Waals surface area (Å²) >= 11 is 0. The fourth-order valence-corrected chi connectivity index (χ4v) is 1.67. The Bertz CT molecular complexity index is 358. The summed E-state index contributed by atoms with van der Waals surface area (Å²) < 4.78 is 5.64. The SMILES string of the molecule is CC(C)CC(C)Oc1ccccc1C(=O)O. The fraction of sp³-hybridized carbons (Fsp3) is 0.462. The number of carboxylic acid groups (broad SMARTS) is 1. The molecule has 1 aromatic rings. The maximum atomic E-state index is 10.9. The minimum atomic E-state index is -0.952. The van der Waals surface area contributed by atoms with Crippen LogP contribution in [-0.2, 0) is 0 Å². The van der Waals surface area contributed by atoms with Crippen molar-refractivity contribution in [3.8, 4) is 5.75 Å². The summed E-state index contributed by atoms with van der Waals surface area (Å²) in [6, 6.07) is 6.73. The first-order valence-corrected chi connectivity index (χ1v) is 5.49. The zero-order chi connectivity index (χ0) is 12.1. The number of ether oxygens (including phenoxy) is 1. The monoisotopic (exact) mass is 222 g/mol. The van der Waals surface area contributed by atoms with Gasteiger partial charge in [-0.2, -0.15) is 0 Å². The molecule has 0 saturated carbocycles. The second-order valence-corrected chi connectivity index (χ2v) is 4.36. The minimum absolute atomic E-state index is 0.0282. The molecular formula is C13H18O3. The Hall–Kier alpha value is -1.51. The molecule has 0 bridgehead atoms. The molecule has 0 aliphatic heterocycles. The number of carbonyl (C=O) groups is 1. The molecular weight excluding hydrogens is 204 g/mol. The highest BCUT2D eigenvalue weighted by Crippen LogP contribution is 2.21. The van der Waals surface area contributed by atoms with Gasteiger partial charge in [-0.05, 0) is 31.4 Å². The van der Waals surface area contributed by atoms with Crippen molar-refractivity contribution < 1.29 is 14.6 Å². The zero-order valence-corrected chi connectivity index (χ0v) is 9.93. The average Bonchev–Trinajstić information content (AvgIpc) is 2.16. The van der Waals surface area contributed by atoms with Crippen molar-refractivity contribution in [2.75, 3.05) is 0 Å². The van der Waals surface area contributed by atoms with E-state index >= 15 is 0 Å². The van der Waals surface area contributed by atoms with Crippen molar-refractivity contribution in [1.29, 1.82) is 0 Å². The molecule has 0 radical (unpaired) electrons. The van der Waals surface area contributed by atoms with Gasteiger partial charge >= 0.3 is 5.97 Å². The minimum Gasteiger partial charge on any atom is -0.490 e. The zero-order valence-electron chi connectivity index (χ0n) is 9.93. The van der Waals surface area contributed by atoms with Gasteiger partial charge in [-0.1, -0.05) is 26.0 Å². The van der Waals surface area contributed by atoms with Crippen LogP contribution in [-0.4, -0.2) is 17.2 Å². The Morgan fingerprint density at radius 1 is 1.31 bits per heavy atom. The second-order valence-electron chi connectivity index (χ2n) is 4.36.